The molecule has 0 saturated heterocycles. The second kappa shape index (κ2) is 14.5. The van der Waals surface area contributed by atoms with E-state index < -0.39 is 29.8 Å². The molecule has 9 nitrogen and oxygen atoms in total. The lowest BCUT2D eigenvalue weighted by molar-refractivity contribution is -0.141. The number of nitrogens with two attached hydrogens (primary N) is 1. The number of aromatic hydroxyl groups is 1. The first-order valence-corrected chi connectivity index (χ1v) is 12.6. The van der Waals surface area contributed by atoms with Gasteiger partial charge in [0.1, 0.15) is 11.8 Å². The molecule has 0 spiro atoms. The highest BCUT2D eigenvalue weighted by Gasteiger charge is 2.28. The van der Waals surface area contributed by atoms with Gasteiger partial charge in [0.05, 0.1) is 12.6 Å². The zero-order valence-corrected chi connectivity index (χ0v) is 22.6. The van der Waals surface area contributed by atoms with E-state index in [1.54, 1.807) is 19.1 Å². The summed E-state index contributed by atoms with van der Waals surface area (Å²) >= 11 is 0. The highest BCUT2D eigenvalue weighted by molar-refractivity contribution is 6.00. The summed E-state index contributed by atoms with van der Waals surface area (Å²) in [7, 11) is 5.49. The van der Waals surface area contributed by atoms with Crippen molar-refractivity contribution in [2.75, 3.05) is 40.8 Å². The van der Waals surface area contributed by atoms with Gasteiger partial charge in [-0.15, -0.1) is 0 Å². The summed E-state index contributed by atoms with van der Waals surface area (Å²) < 4.78 is 0. The molecule has 9 heteroatoms. The number of rotatable bonds is 13. The molecule has 0 aliphatic heterocycles. The Hall–Kier alpha value is -3.27. The first-order valence-electron chi connectivity index (χ1n) is 12.6. The molecule has 0 bridgehead atoms. The van der Waals surface area contributed by atoms with Gasteiger partial charge < -0.3 is 20.6 Å². The lowest BCUT2D eigenvalue weighted by atomic mass is 10.0. The summed E-state index contributed by atoms with van der Waals surface area (Å²) in [5.41, 5.74) is 8.06. The molecule has 2 aromatic rings. The molecule has 4 N–H and O–H groups in total. The summed E-state index contributed by atoms with van der Waals surface area (Å²) in [6.07, 6.45) is 1.04. The number of carbonyl (C=O) groups is 3. The molecule has 3 atom stereocenters. The van der Waals surface area contributed by atoms with Gasteiger partial charge in [0, 0.05) is 19.6 Å². The predicted octanol–water partition coefficient (Wildman–Crippen LogP) is 1.25. The van der Waals surface area contributed by atoms with Crippen molar-refractivity contribution in [3.8, 4) is 5.75 Å². The number of nitrogens with one attached hydrogen (secondary N) is 1. The molecule has 2 aromatic carbocycles. The minimum atomic E-state index is -0.876. The van der Waals surface area contributed by atoms with Crippen molar-refractivity contribution in [2.24, 2.45) is 5.73 Å². The summed E-state index contributed by atoms with van der Waals surface area (Å²) in [6, 6.07) is 14.9. The van der Waals surface area contributed by atoms with Crippen LogP contribution in [0.2, 0.25) is 0 Å². The van der Waals surface area contributed by atoms with Crippen molar-refractivity contribution in [1.29, 1.82) is 0 Å². The lowest BCUT2D eigenvalue weighted by Crippen LogP contribution is -2.54. The topological polar surface area (TPSA) is 119 Å². The van der Waals surface area contributed by atoms with E-state index in [-0.39, 0.29) is 24.8 Å². The van der Waals surface area contributed by atoms with Gasteiger partial charge in [0.25, 0.3) is 0 Å². The SMILES string of the molecule is CCN(CC(=O)NC(=O)[C@@H](C)N(C)C(=O)[C@@H](N)Cc1ccc(O)cc1)C(Cc1ccccc1)CN(C)C. The van der Waals surface area contributed by atoms with Crippen molar-refractivity contribution in [1.82, 2.24) is 20.0 Å². The zero-order chi connectivity index (χ0) is 27.5. The van der Waals surface area contributed by atoms with E-state index >= 15 is 0 Å². The van der Waals surface area contributed by atoms with Gasteiger partial charge >= 0.3 is 0 Å². The first-order chi connectivity index (χ1) is 17.5. The van der Waals surface area contributed by atoms with E-state index in [1.165, 1.54) is 29.6 Å². The number of nitrogens with zero attached hydrogens (tertiary/aromatic N) is 3. The fourth-order valence-electron chi connectivity index (χ4n) is 4.18. The van der Waals surface area contributed by atoms with Gasteiger partial charge in [-0.1, -0.05) is 49.4 Å². The number of hydrogen-bond donors (Lipinski definition) is 3. The third-order valence-electron chi connectivity index (χ3n) is 6.44. The van der Waals surface area contributed by atoms with Crippen LogP contribution in [0.25, 0.3) is 0 Å². The molecule has 0 radical (unpaired) electrons. The Morgan fingerprint density at radius 2 is 1.54 bits per heavy atom. The van der Waals surface area contributed by atoms with Crippen LogP contribution < -0.4 is 11.1 Å². The molecule has 0 aliphatic carbocycles. The summed E-state index contributed by atoms with van der Waals surface area (Å²) in [6.45, 7) is 5.03. The number of phenols is 1. The standard InChI is InChI=1S/C28H41N5O4/c1-6-33(23(18-31(3)4)16-21-10-8-7-9-11-21)19-26(35)30-27(36)20(2)32(5)28(37)25(29)17-22-12-14-24(34)15-13-22/h7-15,20,23,25,34H,6,16-19,29H2,1-5H3,(H,30,35,36)/t20-,23?,25+/m1/s1. The van der Waals surface area contributed by atoms with Crippen molar-refractivity contribution >= 4 is 17.7 Å². The van der Waals surface area contributed by atoms with Gasteiger partial charge in [-0.05, 0) is 63.7 Å². The second-order valence-corrected chi connectivity index (χ2v) is 9.68. The van der Waals surface area contributed by atoms with Gasteiger partial charge in [-0.3, -0.25) is 24.6 Å². The van der Waals surface area contributed by atoms with Gasteiger partial charge in [0.2, 0.25) is 17.7 Å². The maximum absolute atomic E-state index is 12.8. The summed E-state index contributed by atoms with van der Waals surface area (Å²) in [4.78, 5) is 43.8. The minimum absolute atomic E-state index is 0.0678. The Morgan fingerprint density at radius 1 is 0.946 bits per heavy atom. The van der Waals surface area contributed by atoms with Crippen molar-refractivity contribution < 1.29 is 19.5 Å². The van der Waals surface area contributed by atoms with E-state index in [9.17, 15) is 19.5 Å². The Labute approximate surface area is 220 Å². The molecular formula is C28H41N5O4. The minimum Gasteiger partial charge on any atom is -0.508 e. The van der Waals surface area contributed by atoms with Crippen molar-refractivity contribution in [3.05, 3.63) is 65.7 Å². The number of hydrogen-bond acceptors (Lipinski definition) is 7. The van der Waals surface area contributed by atoms with Crippen LogP contribution in [0, 0.1) is 0 Å². The Bertz CT molecular complexity index is 1010. The van der Waals surface area contributed by atoms with Crippen molar-refractivity contribution in [2.45, 2.75) is 44.8 Å². The van der Waals surface area contributed by atoms with Gasteiger partial charge in [-0.2, -0.15) is 0 Å². The average molecular weight is 512 g/mol. The van der Waals surface area contributed by atoms with Crippen molar-refractivity contribution in [3.63, 3.8) is 0 Å². The van der Waals surface area contributed by atoms with E-state index in [1.807, 2.05) is 39.2 Å². The first kappa shape index (κ1) is 30.0. The maximum Gasteiger partial charge on any atom is 0.249 e. The smallest absolute Gasteiger partial charge is 0.249 e. The monoisotopic (exact) mass is 511 g/mol. The van der Waals surface area contributed by atoms with Crippen LogP contribution in [0.5, 0.6) is 5.75 Å². The van der Waals surface area contributed by atoms with E-state index in [0.717, 1.165) is 18.5 Å². The number of likely N-dealkylation sites (N-methyl/N-ethyl adjacent to an activating group) is 3. The second-order valence-electron chi connectivity index (χ2n) is 9.68. The molecule has 3 amide bonds. The molecule has 0 aromatic heterocycles. The number of carbonyl (C=O) groups excluding carboxylic acids is 3. The van der Waals surface area contributed by atoms with E-state index in [2.05, 4.69) is 27.2 Å². The van der Waals surface area contributed by atoms with Crippen LogP contribution in [0.1, 0.15) is 25.0 Å². The zero-order valence-electron chi connectivity index (χ0n) is 22.6. The number of benzene rings is 2. The molecule has 0 saturated carbocycles. The third-order valence-corrected chi connectivity index (χ3v) is 6.44. The molecule has 0 fully saturated rings. The quantitative estimate of drug-likeness (QED) is 0.370. The highest BCUT2D eigenvalue weighted by atomic mass is 16.3. The lowest BCUT2D eigenvalue weighted by Gasteiger charge is -2.32. The van der Waals surface area contributed by atoms with E-state index in [0.29, 0.717) is 6.54 Å². The molecule has 0 heterocycles. The average Bonchev–Trinajstić information content (AvgIpc) is 2.87. The van der Waals surface area contributed by atoms with Crippen LogP contribution in [-0.4, -0.2) is 96.4 Å². The Morgan fingerprint density at radius 3 is 2.11 bits per heavy atom. The van der Waals surface area contributed by atoms with Gasteiger partial charge in [0.15, 0.2) is 0 Å². The molecule has 37 heavy (non-hydrogen) atoms. The summed E-state index contributed by atoms with van der Waals surface area (Å²) in [5, 5.41) is 11.9. The van der Waals surface area contributed by atoms with Crippen LogP contribution in [0.15, 0.2) is 54.6 Å². The third kappa shape index (κ3) is 9.60. The number of imide groups is 1. The predicted molar refractivity (Wildman–Crippen MR) is 145 cm³/mol. The molecule has 1 unspecified atom stereocenters. The Balaban J connectivity index is 1.96. The molecular weight excluding hydrogens is 470 g/mol. The van der Waals surface area contributed by atoms with Crippen LogP contribution in [0.4, 0.5) is 0 Å². The van der Waals surface area contributed by atoms with Crippen LogP contribution >= 0.6 is 0 Å². The Kier molecular flexibility index (Phi) is 11.7. The van der Waals surface area contributed by atoms with Gasteiger partial charge in [-0.25, -0.2) is 0 Å². The number of amides is 3. The largest absolute Gasteiger partial charge is 0.508 e. The van der Waals surface area contributed by atoms with E-state index in [4.69, 9.17) is 5.73 Å². The molecule has 0 aliphatic rings. The normalized spacial score (nSPS) is 13.7. The fourth-order valence-corrected chi connectivity index (χ4v) is 4.18. The highest BCUT2D eigenvalue weighted by Crippen LogP contribution is 2.13. The van der Waals surface area contributed by atoms with Crippen LogP contribution in [0.3, 0.4) is 0 Å². The fraction of sp³-hybridized carbons (Fsp3) is 0.464. The summed E-state index contributed by atoms with van der Waals surface area (Å²) in [5.74, 6) is -1.25. The number of phenolic OH excluding ortho intramolecular Hbond substituents is 1. The van der Waals surface area contributed by atoms with Crippen LogP contribution in [-0.2, 0) is 27.2 Å². The molecule has 2 rings (SSSR count). The maximum atomic E-state index is 12.8. The molecule has 202 valence electrons.